The molecule has 10 nitrogen and oxygen atoms in total. The smallest absolute Gasteiger partial charge is 0.280 e. The summed E-state index contributed by atoms with van der Waals surface area (Å²) in [6, 6.07) is 19.9. The first-order chi connectivity index (χ1) is 21.7. The molecular weight excluding hydrogens is 700 g/mol. The maximum atomic E-state index is 11.7. The molecule has 4 heterocycles. The maximum Gasteiger partial charge on any atom is 0.280 e. The van der Waals surface area contributed by atoms with E-state index >= 15 is 0 Å². The lowest BCUT2D eigenvalue weighted by Crippen LogP contribution is -2.47. The van der Waals surface area contributed by atoms with Crippen LogP contribution in [-0.4, -0.2) is 82.6 Å². The highest BCUT2D eigenvalue weighted by Gasteiger charge is 2.25. The van der Waals surface area contributed by atoms with Gasteiger partial charge in [0.25, 0.3) is 11.1 Å². The Bertz CT molecular complexity index is 1670. The summed E-state index contributed by atoms with van der Waals surface area (Å²) >= 11 is 6.72. The van der Waals surface area contributed by atoms with Crippen molar-refractivity contribution in [2.75, 3.05) is 62.2 Å². The van der Waals surface area contributed by atoms with Crippen molar-refractivity contribution in [3.63, 3.8) is 0 Å². The zero-order valence-corrected chi connectivity index (χ0v) is 29.1. The molecule has 0 amide bonds. The molecule has 12 heteroatoms. The lowest BCUT2D eigenvalue weighted by Gasteiger charge is -2.39. The Balaban J connectivity index is 0.000000178. The molecule has 2 aliphatic rings. The molecule has 0 saturated carbocycles. The van der Waals surface area contributed by atoms with E-state index in [9.17, 15) is 9.59 Å². The molecule has 0 bridgehead atoms. The van der Waals surface area contributed by atoms with Crippen LogP contribution in [0.1, 0.15) is 42.6 Å². The van der Waals surface area contributed by atoms with Crippen LogP contribution >= 0.6 is 31.9 Å². The van der Waals surface area contributed by atoms with Gasteiger partial charge in [0, 0.05) is 64.4 Å². The Morgan fingerprint density at radius 1 is 0.644 bits per heavy atom. The fourth-order valence-electron chi connectivity index (χ4n) is 6.08. The number of anilines is 2. The van der Waals surface area contributed by atoms with Crippen LogP contribution in [0.2, 0.25) is 0 Å². The molecule has 2 aliphatic heterocycles. The van der Waals surface area contributed by atoms with Crippen LogP contribution in [0.15, 0.2) is 85.5 Å². The molecule has 2 saturated heterocycles. The Hall–Kier alpha value is -3.32. The predicted octanol–water partition coefficient (Wildman–Crippen LogP) is 5.14. The van der Waals surface area contributed by atoms with Crippen molar-refractivity contribution in [3.8, 4) is 0 Å². The fraction of sp³-hybridized carbons (Fsp3) is 0.394. The van der Waals surface area contributed by atoms with Gasteiger partial charge in [0.15, 0.2) is 0 Å². The Labute approximate surface area is 280 Å². The summed E-state index contributed by atoms with van der Waals surface area (Å²) in [4.78, 5) is 32.7. The van der Waals surface area contributed by atoms with Crippen molar-refractivity contribution in [3.05, 3.63) is 113 Å². The molecule has 2 aromatic carbocycles. The average molecular weight is 741 g/mol. The van der Waals surface area contributed by atoms with Gasteiger partial charge in [0.2, 0.25) is 0 Å². The Morgan fingerprint density at radius 3 is 1.58 bits per heavy atom. The molecule has 4 aromatic rings. The van der Waals surface area contributed by atoms with E-state index in [1.54, 1.807) is 12.4 Å². The lowest BCUT2D eigenvalue weighted by atomic mass is 10.0. The van der Waals surface area contributed by atoms with E-state index in [1.807, 2.05) is 6.07 Å². The van der Waals surface area contributed by atoms with E-state index in [1.165, 1.54) is 16.7 Å². The van der Waals surface area contributed by atoms with Crippen LogP contribution < -0.4 is 20.9 Å². The second-order valence-corrected chi connectivity index (χ2v) is 13.0. The van der Waals surface area contributed by atoms with Crippen LogP contribution in [-0.2, 0) is 0 Å². The molecule has 238 valence electrons. The van der Waals surface area contributed by atoms with Gasteiger partial charge < -0.3 is 9.80 Å². The second kappa shape index (κ2) is 15.3. The minimum Gasteiger partial charge on any atom is -0.367 e. The predicted molar refractivity (Wildman–Crippen MR) is 187 cm³/mol. The number of rotatable bonds is 6. The quantitative estimate of drug-likeness (QED) is 0.281. The number of aromatic amines is 2. The molecule has 0 aliphatic carbocycles. The number of nitrogens with one attached hydrogen (secondary N) is 2. The van der Waals surface area contributed by atoms with E-state index < -0.39 is 0 Å². The molecule has 2 N–H and O–H groups in total. The van der Waals surface area contributed by atoms with Gasteiger partial charge in [-0.05, 0) is 69.3 Å². The molecule has 2 fully saturated rings. The monoisotopic (exact) mass is 738 g/mol. The van der Waals surface area contributed by atoms with Gasteiger partial charge in [-0.2, -0.15) is 10.2 Å². The largest absolute Gasteiger partial charge is 0.367 e. The van der Waals surface area contributed by atoms with Gasteiger partial charge >= 0.3 is 0 Å². The van der Waals surface area contributed by atoms with Gasteiger partial charge in [-0.25, -0.2) is 10.2 Å². The van der Waals surface area contributed by atoms with Gasteiger partial charge in [0.1, 0.15) is 8.95 Å². The zero-order chi connectivity index (χ0) is 31.9. The van der Waals surface area contributed by atoms with Crippen LogP contribution in [0.3, 0.4) is 0 Å². The van der Waals surface area contributed by atoms with Crippen molar-refractivity contribution in [1.82, 2.24) is 30.2 Å². The van der Waals surface area contributed by atoms with E-state index in [0.29, 0.717) is 21.0 Å². The highest BCUT2D eigenvalue weighted by atomic mass is 79.9. The molecule has 2 unspecified atom stereocenters. The van der Waals surface area contributed by atoms with Crippen LogP contribution in [0.4, 0.5) is 11.4 Å². The van der Waals surface area contributed by atoms with Crippen molar-refractivity contribution in [2.45, 2.75) is 32.9 Å². The SMILES string of the molecule is CC(c1ccccc1)N1CCN(c2cn[nH]c(=O)c2Br)CC1.Cc1ccccc1C(C)N1CCN(c2cn[nH]c(=O)c2Br)CC1. The molecule has 0 spiro atoms. The van der Waals surface area contributed by atoms with E-state index in [2.05, 4.69) is 141 Å². The first-order valence-electron chi connectivity index (χ1n) is 15.3. The normalized spacial score (nSPS) is 17.4. The minimum atomic E-state index is -0.183. The van der Waals surface area contributed by atoms with Crippen LogP contribution in [0.25, 0.3) is 0 Å². The summed E-state index contributed by atoms with van der Waals surface area (Å²) in [5.74, 6) is 0. The minimum absolute atomic E-state index is 0.182. The first-order valence-corrected chi connectivity index (χ1v) is 16.9. The molecular formula is C33H40Br2N8O2. The summed E-state index contributed by atoms with van der Waals surface area (Å²) in [6.07, 6.45) is 3.42. The number of aryl methyl sites for hydroxylation is 1. The molecule has 45 heavy (non-hydrogen) atoms. The standard InChI is InChI=1S/C17H21BrN4O.C16H19BrN4O/c1-12-5-3-4-6-14(12)13(2)21-7-9-22(10-8-21)15-11-19-20-17(23)16(15)18;1-12(13-5-3-2-4-6-13)20-7-9-21(10-8-20)14-11-18-19-16(22)15(14)17/h3-6,11,13H,7-10H2,1-2H3,(H,20,23);2-6,11-12H,7-10H2,1H3,(H,19,22). The second-order valence-electron chi connectivity index (χ2n) is 11.5. The number of benzene rings is 2. The van der Waals surface area contributed by atoms with Crippen LogP contribution in [0, 0.1) is 6.92 Å². The number of nitrogens with zero attached hydrogens (tertiary/aromatic N) is 6. The van der Waals surface area contributed by atoms with Crippen molar-refractivity contribution in [1.29, 1.82) is 0 Å². The number of hydrogen-bond donors (Lipinski definition) is 2. The lowest BCUT2D eigenvalue weighted by molar-refractivity contribution is 0.198. The maximum absolute atomic E-state index is 11.7. The van der Waals surface area contributed by atoms with E-state index in [4.69, 9.17) is 0 Å². The highest BCUT2D eigenvalue weighted by Crippen LogP contribution is 2.28. The van der Waals surface area contributed by atoms with Crippen LogP contribution in [0.5, 0.6) is 0 Å². The molecule has 0 radical (unpaired) electrons. The average Bonchev–Trinajstić information content (AvgIpc) is 3.08. The number of aromatic nitrogens is 4. The topological polar surface area (TPSA) is 104 Å². The summed E-state index contributed by atoms with van der Waals surface area (Å²) < 4.78 is 1.12. The summed E-state index contributed by atoms with van der Waals surface area (Å²) in [5.41, 5.74) is 5.45. The summed E-state index contributed by atoms with van der Waals surface area (Å²) in [7, 11) is 0. The Morgan fingerprint density at radius 2 is 1.09 bits per heavy atom. The van der Waals surface area contributed by atoms with E-state index in [-0.39, 0.29) is 11.1 Å². The number of halogens is 2. The molecule has 6 rings (SSSR count). The van der Waals surface area contributed by atoms with Gasteiger partial charge in [-0.1, -0.05) is 54.6 Å². The third-order valence-electron chi connectivity index (χ3n) is 8.88. The van der Waals surface area contributed by atoms with Crippen molar-refractivity contribution in [2.24, 2.45) is 0 Å². The number of hydrogen-bond acceptors (Lipinski definition) is 8. The summed E-state index contributed by atoms with van der Waals surface area (Å²) in [5, 5.41) is 12.7. The highest BCUT2D eigenvalue weighted by molar-refractivity contribution is 9.11. The van der Waals surface area contributed by atoms with Crippen molar-refractivity contribution < 1.29 is 0 Å². The fourth-order valence-corrected chi connectivity index (χ4v) is 6.97. The molecule has 2 aromatic heterocycles. The van der Waals surface area contributed by atoms with Gasteiger partial charge in [0.05, 0.1) is 23.8 Å². The first kappa shape index (κ1) is 33.1. The number of H-pyrrole nitrogens is 2. The number of piperazine rings is 2. The summed E-state index contributed by atoms with van der Waals surface area (Å²) in [6.45, 7) is 14.1. The molecule has 2 atom stereocenters. The van der Waals surface area contributed by atoms with Gasteiger partial charge in [-0.3, -0.25) is 19.4 Å². The third-order valence-corrected chi connectivity index (χ3v) is 10.4. The third kappa shape index (κ3) is 7.92. The van der Waals surface area contributed by atoms with E-state index in [0.717, 1.165) is 63.7 Å². The van der Waals surface area contributed by atoms with Crippen molar-refractivity contribution >= 4 is 43.2 Å². The Kier molecular flexibility index (Phi) is 11.2. The zero-order valence-electron chi connectivity index (χ0n) is 25.9. The van der Waals surface area contributed by atoms with Gasteiger partial charge in [-0.15, -0.1) is 0 Å².